The van der Waals surface area contributed by atoms with Crippen molar-refractivity contribution in [2.75, 3.05) is 0 Å². The van der Waals surface area contributed by atoms with Crippen LogP contribution in [0, 0.1) is 0 Å². The fourth-order valence-electron chi connectivity index (χ4n) is 0.938. The van der Waals surface area contributed by atoms with Gasteiger partial charge in [-0.3, -0.25) is 0 Å². The van der Waals surface area contributed by atoms with Gasteiger partial charge in [0.15, 0.2) is 0 Å². The van der Waals surface area contributed by atoms with Gasteiger partial charge in [0, 0.05) is 9.85 Å². The molecule has 0 radical (unpaired) electrons. The summed E-state index contributed by atoms with van der Waals surface area (Å²) < 4.78 is 7.19. The molecule has 0 aliphatic rings. The Bertz CT molecular complexity index is 489. The molecule has 0 aliphatic carbocycles. The molecule has 0 N–H and O–H groups in total. The van der Waals surface area contributed by atoms with Crippen LogP contribution in [0.5, 0.6) is 10.9 Å². The molecule has 1 aromatic carbocycles. The number of rotatable bonds is 2. The van der Waals surface area contributed by atoms with Crippen molar-refractivity contribution in [1.29, 1.82) is 0 Å². The number of halogens is 3. The van der Waals surface area contributed by atoms with Crippen LogP contribution in [0.25, 0.3) is 0 Å². The van der Waals surface area contributed by atoms with Gasteiger partial charge in [-0.05, 0) is 34.1 Å². The van der Waals surface area contributed by atoms with E-state index in [4.69, 9.17) is 16.3 Å². The van der Waals surface area contributed by atoms with E-state index in [1.165, 1.54) is 11.3 Å². The van der Waals surface area contributed by atoms with Gasteiger partial charge in [-0.2, -0.15) is 4.98 Å². The summed E-state index contributed by atoms with van der Waals surface area (Å²) >= 11 is 14.0. The summed E-state index contributed by atoms with van der Waals surface area (Å²) in [7, 11) is 0. The Morgan fingerprint density at radius 3 is 2.73 bits per heavy atom. The molecule has 15 heavy (non-hydrogen) atoms. The van der Waals surface area contributed by atoms with Crippen LogP contribution >= 0.6 is 54.8 Å². The average Bonchev–Trinajstić information content (AvgIpc) is 2.56. The Kier molecular flexibility index (Phi) is 3.66. The Hall–Kier alpha value is -0.100. The van der Waals surface area contributed by atoms with Gasteiger partial charge >= 0.3 is 0 Å². The molecule has 78 valence electrons. The summed E-state index contributed by atoms with van der Waals surface area (Å²) in [5.41, 5.74) is 0. The summed E-state index contributed by atoms with van der Waals surface area (Å²) in [4.78, 5) is 4.11. The molecule has 0 fully saturated rings. The first-order valence-electron chi connectivity index (χ1n) is 3.89. The zero-order valence-electron chi connectivity index (χ0n) is 7.21. The maximum absolute atomic E-state index is 6.00. The maximum atomic E-state index is 6.00. The van der Waals surface area contributed by atoms with Crippen LogP contribution in [0.3, 0.4) is 0 Å². The van der Waals surface area contributed by atoms with Crippen LogP contribution in [0.15, 0.2) is 32.7 Å². The highest BCUT2D eigenvalue weighted by molar-refractivity contribution is 9.10. The molecule has 0 saturated carbocycles. The lowest BCUT2D eigenvalue weighted by atomic mass is 10.3. The number of ether oxygens (including phenoxy) is 1. The Balaban J connectivity index is 2.24. The Morgan fingerprint density at radius 2 is 2.13 bits per heavy atom. The summed E-state index contributed by atoms with van der Waals surface area (Å²) in [5.74, 6) is 0.599. The molecule has 2 aromatic rings. The zero-order valence-corrected chi connectivity index (χ0v) is 12.0. The Labute approximate surface area is 113 Å². The first-order valence-corrected chi connectivity index (χ1v) is 6.73. The highest BCUT2D eigenvalue weighted by Gasteiger charge is 2.06. The minimum absolute atomic E-state index is 0.552. The van der Waals surface area contributed by atoms with Crippen LogP contribution in [-0.4, -0.2) is 4.98 Å². The van der Waals surface area contributed by atoms with E-state index in [0.717, 1.165) is 9.08 Å². The van der Waals surface area contributed by atoms with Crippen molar-refractivity contribution >= 4 is 54.8 Å². The zero-order chi connectivity index (χ0) is 10.8. The van der Waals surface area contributed by atoms with E-state index in [9.17, 15) is 0 Å². The van der Waals surface area contributed by atoms with E-state index >= 15 is 0 Å². The highest BCUT2D eigenvalue weighted by Crippen LogP contribution is 2.33. The molecular formula is C9H4Br2ClNOS. The van der Waals surface area contributed by atoms with Gasteiger partial charge in [0.2, 0.25) is 0 Å². The molecule has 0 aliphatic heterocycles. The minimum atomic E-state index is 0.552. The molecular weight excluding hydrogens is 365 g/mol. The van der Waals surface area contributed by atoms with Crippen molar-refractivity contribution in [1.82, 2.24) is 4.98 Å². The van der Waals surface area contributed by atoms with Gasteiger partial charge in [-0.15, -0.1) is 0 Å². The van der Waals surface area contributed by atoms with Gasteiger partial charge in [-0.1, -0.05) is 38.9 Å². The van der Waals surface area contributed by atoms with Crippen LogP contribution in [0.4, 0.5) is 0 Å². The molecule has 0 spiro atoms. The van der Waals surface area contributed by atoms with Gasteiger partial charge in [0.25, 0.3) is 5.19 Å². The van der Waals surface area contributed by atoms with E-state index in [1.807, 2.05) is 11.4 Å². The SMILES string of the molecule is Clc1cc(Br)ccc1Oc1nc(Br)cs1. The monoisotopic (exact) mass is 367 g/mol. The van der Waals surface area contributed by atoms with Crippen LogP contribution in [-0.2, 0) is 0 Å². The molecule has 0 saturated heterocycles. The summed E-state index contributed by atoms with van der Waals surface area (Å²) in [5, 5.41) is 2.96. The van der Waals surface area contributed by atoms with Crippen molar-refractivity contribution in [2.24, 2.45) is 0 Å². The number of aromatic nitrogens is 1. The smallest absolute Gasteiger partial charge is 0.279 e. The highest BCUT2D eigenvalue weighted by atomic mass is 79.9. The van der Waals surface area contributed by atoms with E-state index in [1.54, 1.807) is 12.1 Å². The number of hydrogen-bond acceptors (Lipinski definition) is 3. The van der Waals surface area contributed by atoms with E-state index < -0.39 is 0 Å². The van der Waals surface area contributed by atoms with E-state index in [0.29, 0.717) is 16.0 Å². The lowest BCUT2D eigenvalue weighted by Crippen LogP contribution is -1.84. The van der Waals surface area contributed by atoms with E-state index in [-0.39, 0.29) is 0 Å². The third-order valence-corrected chi connectivity index (χ3v) is 3.76. The average molecular weight is 369 g/mol. The predicted molar refractivity (Wildman–Crippen MR) is 69.0 cm³/mol. The molecule has 0 atom stereocenters. The molecule has 2 rings (SSSR count). The molecule has 0 amide bonds. The normalized spacial score (nSPS) is 10.3. The number of benzene rings is 1. The van der Waals surface area contributed by atoms with Gasteiger partial charge in [0.1, 0.15) is 10.4 Å². The van der Waals surface area contributed by atoms with Gasteiger partial charge < -0.3 is 4.74 Å². The second-order valence-corrected chi connectivity index (χ2v) is 5.57. The van der Waals surface area contributed by atoms with E-state index in [2.05, 4.69) is 36.8 Å². The van der Waals surface area contributed by atoms with Crippen LogP contribution < -0.4 is 4.74 Å². The lowest BCUT2D eigenvalue weighted by Gasteiger charge is -2.03. The standard InChI is InChI=1S/C9H4Br2ClNOS/c10-5-1-2-7(6(12)3-5)14-9-13-8(11)4-15-9/h1-4H. The molecule has 1 aromatic heterocycles. The summed E-state index contributed by atoms with van der Waals surface area (Å²) in [6.45, 7) is 0. The second-order valence-electron chi connectivity index (χ2n) is 2.61. The largest absolute Gasteiger partial charge is 0.429 e. The second kappa shape index (κ2) is 4.82. The maximum Gasteiger partial charge on any atom is 0.279 e. The molecule has 6 heteroatoms. The minimum Gasteiger partial charge on any atom is -0.429 e. The van der Waals surface area contributed by atoms with Crippen molar-refractivity contribution < 1.29 is 4.74 Å². The van der Waals surface area contributed by atoms with Gasteiger partial charge in [-0.25, -0.2) is 0 Å². The number of nitrogens with zero attached hydrogens (tertiary/aromatic N) is 1. The van der Waals surface area contributed by atoms with Crippen molar-refractivity contribution in [3.63, 3.8) is 0 Å². The van der Waals surface area contributed by atoms with Crippen molar-refractivity contribution in [3.8, 4) is 10.9 Å². The van der Waals surface area contributed by atoms with Crippen molar-refractivity contribution in [2.45, 2.75) is 0 Å². The fourth-order valence-corrected chi connectivity index (χ4v) is 2.75. The quantitative estimate of drug-likeness (QED) is 0.733. The first kappa shape index (κ1) is 11.4. The lowest BCUT2D eigenvalue weighted by molar-refractivity contribution is 0.478. The first-order chi connectivity index (χ1) is 7.15. The molecule has 0 unspecified atom stereocenters. The van der Waals surface area contributed by atoms with Crippen molar-refractivity contribution in [3.05, 3.63) is 37.7 Å². The van der Waals surface area contributed by atoms with Gasteiger partial charge in [0.05, 0.1) is 5.02 Å². The van der Waals surface area contributed by atoms with Crippen LogP contribution in [0.1, 0.15) is 0 Å². The number of hydrogen-bond donors (Lipinski definition) is 0. The summed E-state index contributed by atoms with van der Waals surface area (Å²) in [6.07, 6.45) is 0. The molecule has 1 heterocycles. The number of thiazole rings is 1. The summed E-state index contributed by atoms with van der Waals surface area (Å²) in [6, 6.07) is 5.44. The Morgan fingerprint density at radius 1 is 1.33 bits per heavy atom. The van der Waals surface area contributed by atoms with Crippen LogP contribution in [0.2, 0.25) is 5.02 Å². The topological polar surface area (TPSA) is 22.1 Å². The predicted octanol–water partition coefficient (Wildman–Crippen LogP) is 5.11. The molecule has 0 bridgehead atoms. The fraction of sp³-hybridized carbons (Fsp3) is 0. The third kappa shape index (κ3) is 2.93. The molecule has 2 nitrogen and oxygen atoms in total. The third-order valence-electron chi connectivity index (χ3n) is 1.55.